The van der Waals surface area contributed by atoms with Gasteiger partial charge in [0, 0.05) is 17.6 Å². The van der Waals surface area contributed by atoms with Gasteiger partial charge in [-0.3, -0.25) is 4.98 Å². The Bertz CT molecular complexity index is 1220. The molecule has 0 bridgehead atoms. The molecule has 0 spiro atoms. The van der Waals surface area contributed by atoms with Crippen molar-refractivity contribution >= 4 is 38.5 Å². The smallest absolute Gasteiger partial charge is 0.161 e. The van der Waals surface area contributed by atoms with Crippen LogP contribution in [0.3, 0.4) is 0 Å². The Hall–Kier alpha value is -2.32. The molecule has 1 saturated carbocycles. The van der Waals surface area contributed by atoms with E-state index in [0.717, 1.165) is 18.4 Å². The van der Waals surface area contributed by atoms with Crippen LogP contribution in [-0.4, -0.2) is 29.6 Å². The van der Waals surface area contributed by atoms with Crippen LogP contribution < -0.4 is 5.32 Å². The Morgan fingerprint density at radius 3 is 2.48 bits per heavy atom. The molecule has 1 unspecified atom stereocenters. The molecule has 2 aromatic rings. The van der Waals surface area contributed by atoms with Crippen molar-refractivity contribution in [2.24, 2.45) is 0 Å². The fraction of sp³-hybridized carbons (Fsp3) is 0.417. The van der Waals surface area contributed by atoms with E-state index in [0.29, 0.717) is 17.8 Å². The Morgan fingerprint density at radius 1 is 1.24 bits per heavy atom. The lowest BCUT2D eigenvalue weighted by molar-refractivity contribution is 0.564. The van der Waals surface area contributed by atoms with E-state index < -0.39 is 32.1 Å². The number of anilines is 1. The number of benzene rings is 1. The number of nitrogens with one attached hydrogen (secondary N) is 2. The second-order valence-electron chi connectivity index (χ2n) is 8.85. The standard InChI is InChI=1S/C24H28ClF2N3O2S/c1-5-21(28)24(3,4)33(31,32)13-14(2)18-11-17(8-9-19(18)26)30-22(15-6-7-15)23-20(27)10-16(25)12-29-23/h8-12,14,28,30H,5-7,13H2,1-4H3. The Labute approximate surface area is 198 Å². The number of nitrogens with zero attached hydrogens (tertiary/aromatic N) is 1. The third kappa shape index (κ3) is 5.44. The van der Waals surface area contributed by atoms with Gasteiger partial charge in [-0.1, -0.05) is 25.4 Å². The first kappa shape index (κ1) is 25.3. The Kier molecular flexibility index (Phi) is 7.29. The van der Waals surface area contributed by atoms with Crippen LogP contribution >= 0.6 is 11.6 Å². The molecule has 0 amide bonds. The van der Waals surface area contributed by atoms with Crippen LogP contribution in [0.1, 0.15) is 64.1 Å². The summed E-state index contributed by atoms with van der Waals surface area (Å²) in [6.07, 6.45) is 3.28. The second-order valence-corrected chi connectivity index (χ2v) is 11.9. The van der Waals surface area contributed by atoms with E-state index in [1.54, 1.807) is 19.9 Å². The zero-order valence-electron chi connectivity index (χ0n) is 19.1. The van der Waals surface area contributed by atoms with Gasteiger partial charge in [0.05, 0.1) is 16.5 Å². The number of pyridine rings is 1. The highest BCUT2D eigenvalue weighted by atomic mass is 35.5. The zero-order chi connectivity index (χ0) is 24.6. The number of hydrogen-bond acceptors (Lipinski definition) is 5. The number of allylic oxidation sites excluding steroid dienone is 1. The van der Waals surface area contributed by atoms with Gasteiger partial charge in [0.2, 0.25) is 0 Å². The minimum Gasteiger partial charge on any atom is -0.354 e. The summed E-state index contributed by atoms with van der Waals surface area (Å²) in [5.41, 5.74) is 2.48. The van der Waals surface area contributed by atoms with Crippen molar-refractivity contribution in [1.29, 1.82) is 5.41 Å². The monoisotopic (exact) mass is 495 g/mol. The first-order valence-electron chi connectivity index (χ1n) is 10.8. The molecular weight excluding hydrogens is 468 g/mol. The lowest BCUT2D eigenvalue weighted by Gasteiger charge is -2.27. The SMILES string of the molecule is CCC(=N)C(C)(C)S(=O)(=O)CC(C)c1cc(NC(=C2CC2)c2ncc(Cl)cc2F)ccc1F. The number of hydrogen-bond donors (Lipinski definition) is 2. The van der Waals surface area contributed by atoms with Crippen molar-refractivity contribution in [3.8, 4) is 0 Å². The number of aromatic nitrogens is 1. The Balaban J connectivity index is 1.89. The van der Waals surface area contributed by atoms with Crippen molar-refractivity contribution < 1.29 is 17.2 Å². The predicted octanol–water partition coefficient (Wildman–Crippen LogP) is 6.36. The van der Waals surface area contributed by atoms with Gasteiger partial charge in [0.1, 0.15) is 16.3 Å². The molecule has 1 atom stereocenters. The quantitative estimate of drug-likeness (QED) is 0.397. The molecule has 1 heterocycles. The molecule has 1 aromatic heterocycles. The number of halogens is 3. The van der Waals surface area contributed by atoms with E-state index in [1.165, 1.54) is 38.2 Å². The van der Waals surface area contributed by atoms with Gasteiger partial charge < -0.3 is 10.7 Å². The lowest BCUT2D eigenvalue weighted by Crippen LogP contribution is -2.42. The van der Waals surface area contributed by atoms with E-state index in [4.69, 9.17) is 17.0 Å². The first-order chi connectivity index (χ1) is 15.4. The number of rotatable bonds is 9. The number of sulfone groups is 1. The maximum absolute atomic E-state index is 14.7. The van der Waals surface area contributed by atoms with Crippen LogP contribution in [0.5, 0.6) is 0 Å². The summed E-state index contributed by atoms with van der Waals surface area (Å²) >= 11 is 5.82. The average Bonchev–Trinajstić information content (AvgIpc) is 3.57. The minimum atomic E-state index is -3.72. The third-order valence-electron chi connectivity index (χ3n) is 6.02. The molecule has 1 fully saturated rings. The van der Waals surface area contributed by atoms with E-state index in [1.807, 2.05) is 0 Å². The van der Waals surface area contributed by atoms with Crippen LogP contribution in [0.25, 0.3) is 5.70 Å². The highest BCUT2D eigenvalue weighted by Gasteiger charge is 2.39. The van der Waals surface area contributed by atoms with Crippen molar-refractivity contribution in [3.05, 3.63) is 63.9 Å². The van der Waals surface area contributed by atoms with E-state index >= 15 is 0 Å². The summed E-state index contributed by atoms with van der Waals surface area (Å²) in [7, 11) is -3.72. The van der Waals surface area contributed by atoms with Crippen molar-refractivity contribution in [2.75, 3.05) is 11.1 Å². The normalized spacial score (nSPS) is 14.7. The largest absolute Gasteiger partial charge is 0.354 e. The van der Waals surface area contributed by atoms with Crippen LogP contribution in [0, 0.1) is 17.0 Å². The van der Waals surface area contributed by atoms with Crippen LogP contribution in [0.2, 0.25) is 5.02 Å². The summed E-state index contributed by atoms with van der Waals surface area (Å²) < 4.78 is 53.9. The fourth-order valence-corrected chi connectivity index (χ4v) is 5.53. The third-order valence-corrected chi connectivity index (χ3v) is 8.97. The van der Waals surface area contributed by atoms with Gasteiger partial charge >= 0.3 is 0 Å². The van der Waals surface area contributed by atoms with E-state index in [2.05, 4.69) is 10.3 Å². The van der Waals surface area contributed by atoms with Gasteiger partial charge in [-0.05, 0) is 74.4 Å². The molecule has 0 radical (unpaired) electrons. The Morgan fingerprint density at radius 2 is 1.91 bits per heavy atom. The summed E-state index contributed by atoms with van der Waals surface area (Å²) in [5.74, 6) is -2.04. The molecule has 3 rings (SSSR count). The van der Waals surface area contributed by atoms with Gasteiger partial charge in [0.15, 0.2) is 15.7 Å². The molecule has 5 nitrogen and oxygen atoms in total. The summed E-state index contributed by atoms with van der Waals surface area (Å²) in [6.45, 7) is 6.40. The molecule has 0 aliphatic heterocycles. The maximum Gasteiger partial charge on any atom is 0.161 e. The maximum atomic E-state index is 14.7. The molecule has 9 heteroatoms. The van der Waals surface area contributed by atoms with Gasteiger partial charge in [-0.25, -0.2) is 17.2 Å². The van der Waals surface area contributed by atoms with Crippen LogP contribution in [0.4, 0.5) is 14.5 Å². The molecule has 2 N–H and O–H groups in total. The van der Waals surface area contributed by atoms with E-state index in [9.17, 15) is 17.2 Å². The first-order valence-corrected chi connectivity index (χ1v) is 12.8. The summed E-state index contributed by atoms with van der Waals surface area (Å²) in [5, 5.41) is 11.4. The average molecular weight is 496 g/mol. The molecule has 178 valence electrons. The van der Waals surface area contributed by atoms with Crippen LogP contribution in [0.15, 0.2) is 36.0 Å². The predicted molar refractivity (Wildman–Crippen MR) is 130 cm³/mol. The second kappa shape index (κ2) is 9.50. The summed E-state index contributed by atoms with van der Waals surface area (Å²) in [4.78, 5) is 4.11. The molecule has 1 aromatic carbocycles. The van der Waals surface area contributed by atoms with Crippen molar-refractivity contribution in [2.45, 2.75) is 57.6 Å². The van der Waals surface area contributed by atoms with Gasteiger partial charge in [-0.15, -0.1) is 0 Å². The summed E-state index contributed by atoms with van der Waals surface area (Å²) in [6, 6.07) is 5.52. The van der Waals surface area contributed by atoms with Gasteiger partial charge in [0.25, 0.3) is 0 Å². The highest BCUT2D eigenvalue weighted by Crippen LogP contribution is 2.38. The van der Waals surface area contributed by atoms with Crippen molar-refractivity contribution in [1.82, 2.24) is 4.98 Å². The van der Waals surface area contributed by atoms with Crippen molar-refractivity contribution in [3.63, 3.8) is 0 Å². The molecule has 33 heavy (non-hydrogen) atoms. The molecule has 0 saturated heterocycles. The molecule has 1 aliphatic carbocycles. The molecular formula is C24H28ClF2N3O2S. The topological polar surface area (TPSA) is 82.9 Å². The lowest BCUT2D eigenvalue weighted by atomic mass is 10.0. The fourth-order valence-electron chi connectivity index (χ4n) is 3.61. The molecule has 1 aliphatic rings. The zero-order valence-corrected chi connectivity index (χ0v) is 20.7. The highest BCUT2D eigenvalue weighted by molar-refractivity contribution is 7.93. The minimum absolute atomic E-state index is 0.115. The van der Waals surface area contributed by atoms with Gasteiger partial charge in [-0.2, -0.15) is 0 Å². The van der Waals surface area contributed by atoms with Crippen LogP contribution in [-0.2, 0) is 9.84 Å². The van der Waals surface area contributed by atoms with E-state index in [-0.39, 0.29) is 27.7 Å².